The molecular formula is C33H48N8O4. The SMILES string of the molecule is C#C.C=C.CNc1ccc(Nc2ncc(C#CCCCNC(=O)CN(C)C(=O)OC(C)(C)C)c(NCCCOC)n2)cc1C=N. The third-order valence-electron chi connectivity index (χ3n) is 5.45. The maximum atomic E-state index is 12.1. The molecule has 0 aliphatic heterocycles. The van der Waals surface area contributed by atoms with E-state index in [1.807, 2.05) is 25.2 Å². The summed E-state index contributed by atoms with van der Waals surface area (Å²) in [6.45, 7) is 12.9. The lowest BCUT2D eigenvalue weighted by molar-refractivity contribution is -0.122. The molecule has 244 valence electrons. The van der Waals surface area contributed by atoms with Gasteiger partial charge >= 0.3 is 6.09 Å². The van der Waals surface area contributed by atoms with Crippen molar-refractivity contribution in [2.24, 2.45) is 0 Å². The van der Waals surface area contributed by atoms with Crippen molar-refractivity contribution < 1.29 is 19.1 Å². The molecule has 2 rings (SSSR count). The third kappa shape index (κ3) is 16.4. The van der Waals surface area contributed by atoms with Crippen LogP contribution in [-0.2, 0) is 14.3 Å². The number of benzene rings is 1. The second kappa shape index (κ2) is 22.5. The molecule has 0 aliphatic rings. The number of amides is 2. The zero-order valence-electron chi connectivity index (χ0n) is 27.4. The molecule has 0 bridgehead atoms. The van der Waals surface area contributed by atoms with E-state index in [1.54, 1.807) is 34.1 Å². The van der Waals surface area contributed by atoms with Gasteiger partial charge in [0.05, 0.1) is 11.8 Å². The summed E-state index contributed by atoms with van der Waals surface area (Å²) in [5.74, 6) is 6.97. The molecule has 0 saturated heterocycles. The van der Waals surface area contributed by atoms with Crippen LogP contribution in [0.25, 0.3) is 0 Å². The number of carbonyl (C=O) groups excluding carboxylic acids is 2. The molecule has 0 unspecified atom stereocenters. The summed E-state index contributed by atoms with van der Waals surface area (Å²) in [7, 11) is 4.99. The number of unbranched alkanes of at least 4 members (excludes halogenated alkanes) is 1. The van der Waals surface area contributed by atoms with E-state index >= 15 is 0 Å². The Balaban J connectivity index is 0.00000464. The number of ether oxygens (including phenoxy) is 2. The lowest BCUT2D eigenvalue weighted by Gasteiger charge is -2.24. The van der Waals surface area contributed by atoms with Gasteiger partial charge in [-0.25, -0.2) is 9.78 Å². The molecule has 1 aromatic carbocycles. The lowest BCUT2D eigenvalue weighted by atomic mass is 10.1. The zero-order chi connectivity index (χ0) is 34.3. The molecule has 0 fully saturated rings. The molecular weight excluding hydrogens is 572 g/mol. The molecule has 0 saturated carbocycles. The van der Waals surface area contributed by atoms with Gasteiger partial charge in [-0.05, 0) is 51.8 Å². The summed E-state index contributed by atoms with van der Waals surface area (Å²) in [5, 5.41) is 20.0. The van der Waals surface area contributed by atoms with Crippen molar-refractivity contribution in [3.63, 3.8) is 0 Å². The normalized spacial score (nSPS) is 9.78. The number of likely N-dealkylation sites (N-methyl/N-ethyl adjacent to an activating group) is 1. The minimum absolute atomic E-state index is 0.0846. The van der Waals surface area contributed by atoms with Gasteiger partial charge in [-0.15, -0.1) is 26.0 Å². The van der Waals surface area contributed by atoms with Crippen molar-refractivity contribution in [1.29, 1.82) is 5.41 Å². The number of anilines is 4. The van der Waals surface area contributed by atoms with E-state index in [2.05, 4.69) is 69.1 Å². The Morgan fingerprint density at radius 3 is 2.51 bits per heavy atom. The molecule has 12 nitrogen and oxygen atoms in total. The van der Waals surface area contributed by atoms with Crippen LogP contribution in [0.3, 0.4) is 0 Å². The molecule has 12 heteroatoms. The van der Waals surface area contributed by atoms with Gasteiger partial charge in [-0.2, -0.15) is 4.98 Å². The van der Waals surface area contributed by atoms with Gasteiger partial charge in [0.1, 0.15) is 18.0 Å². The van der Waals surface area contributed by atoms with Crippen LogP contribution in [0, 0.1) is 30.1 Å². The summed E-state index contributed by atoms with van der Waals surface area (Å²) in [6.07, 6.45) is 12.4. The fraction of sp³-hybridized carbons (Fsp3) is 0.424. The predicted molar refractivity (Wildman–Crippen MR) is 183 cm³/mol. The molecule has 2 amide bonds. The van der Waals surface area contributed by atoms with Crippen LogP contribution < -0.4 is 21.3 Å². The van der Waals surface area contributed by atoms with Crippen molar-refractivity contribution in [3.05, 3.63) is 48.7 Å². The number of aromatic nitrogens is 2. The van der Waals surface area contributed by atoms with E-state index in [4.69, 9.17) is 14.9 Å². The molecule has 5 N–H and O–H groups in total. The van der Waals surface area contributed by atoms with Crippen molar-refractivity contribution >= 4 is 41.4 Å². The monoisotopic (exact) mass is 620 g/mol. The number of hydrogen-bond donors (Lipinski definition) is 5. The van der Waals surface area contributed by atoms with Crippen LogP contribution in [-0.4, -0.2) is 86.1 Å². The van der Waals surface area contributed by atoms with Crippen LogP contribution >= 0.6 is 0 Å². The first-order chi connectivity index (χ1) is 21.6. The number of nitrogens with zero attached hydrogens (tertiary/aromatic N) is 3. The minimum Gasteiger partial charge on any atom is -0.444 e. The molecule has 0 spiro atoms. The van der Waals surface area contributed by atoms with Crippen molar-refractivity contribution in [1.82, 2.24) is 20.2 Å². The van der Waals surface area contributed by atoms with E-state index in [1.165, 1.54) is 18.2 Å². The van der Waals surface area contributed by atoms with Gasteiger partial charge < -0.3 is 41.1 Å². The number of terminal acetylenes is 1. The Kier molecular flexibility index (Phi) is 19.9. The Morgan fingerprint density at radius 1 is 1.18 bits per heavy atom. The van der Waals surface area contributed by atoms with E-state index in [0.717, 1.165) is 23.4 Å². The maximum Gasteiger partial charge on any atom is 0.410 e. The average Bonchev–Trinajstić information content (AvgIpc) is 3.02. The van der Waals surface area contributed by atoms with Crippen molar-refractivity contribution in [3.8, 4) is 24.7 Å². The summed E-state index contributed by atoms with van der Waals surface area (Å²) in [6, 6.07) is 5.61. The molecule has 0 radical (unpaired) electrons. The summed E-state index contributed by atoms with van der Waals surface area (Å²) >= 11 is 0. The Labute approximate surface area is 268 Å². The smallest absolute Gasteiger partial charge is 0.410 e. The number of carbonyl (C=O) groups is 2. The molecule has 1 aromatic heterocycles. The van der Waals surface area contributed by atoms with Gasteiger partial charge in [-0.3, -0.25) is 4.79 Å². The summed E-state index contributed by atoms with van der Waals surface area (Å²) < 4.78 is 10.4. The third-order valence-corrected chi connectivity index (χ3v) is 5.45. The Hall–Kier alpha value is -5.07. The van der Waals surface area contributed by atoms with Crippen LogP contribution in [0.4, 0.5) is 27.9 Å². The second-order valence-corrected chi connectivity index (χ2v) is 10.1. The largest absolute Gasteiger partial charge is 0.444 e. The highest BCUT2D eigenvalue weighted by Crippen LogP contribution is 2.22. The van der Waals surface area contributed by atoms with E-state index in [9.17, 15) is 9.59 Å². The first-order valence-electron chi connectivity index (χ1n) is 14.3. The number of nitrogens with one attached hydrogen (secondary N) is 5. The van der Waals surface area contributed by atoms with Gasteiger partial charge in [0.2, 0.25) is 11.9 Å². The van der Waals surface area contributed by atoms with Gasteiger partial charge in [0.25, 0.3) is 0 Å². The number of hydrogen-bond acceptors (Lipinski definition) is 10. The van der Waals surface area contributed by atoms with Gasteiger partial charge in [-0.1, -0.05) is 11.8 Å². The van der Waals surface area contributed by atoms with Crippen LogP contribution in [0.1, 0.15) is 51.2 Å². The quantitative estimate of drug-likeness (QED) is 0.0861. The first kappa shape index (κ1) is 39.9. The fourth-order valence-corrected chi connectivity index (χ4v) is 3.45. The first-order valence-corrected chi connectivity index (χ1v) is 14.3. The molecule has 0 aliphatic carbocycles. The van der Waals surface area contributed by atoms with E-state index in [-0.39, 0.29) is 12.5 Å². The van der Waals surface area contributed by atoms with Crippen LogP contribution in [0.2, 0.25) is 0 Å². The van der Waals surface area contributed by atoms with Gasteiger partial charge in [0.15, 0.2) is 0 Å². The standard InChI is InChI=1S/C29H42N8O4.C2H4.C2H2/c1-29(2,3)41-28(39)37(5)20-25(38)32-14-9-7-8-11-21-19-34-27(36-26(21)33-15-10-16-40-6)35-23-12-13-24(31-4)22(17-23)18-30;2*1-2/h12-13,17-19,30-31H,7,9-10,14-16,20H2,1-6H3,(H,32,38)(H2,33,34,35,36);1-2H2;1-2H. The minimum atomic E-state index is -0.619. The van der Waals surface area contributed by atoms with E-state index in [0.29, 0.717) is 49.9 Å². The Bertz CT molecular complexity index is 1300. The number of rotatable bonds is 14. The highest BCUT2D eigenvalue weighted by Gasteiger charge is 2.20. The zero-order valence-corrected chi connectivity index (χ0v) is 27.4. The predicted octanol–water partition coefficient (Wildman–Crippen LogP) is 4.87. The maximum absolute atomic E-state index is 12.1. The summed E-state index contributed by atoms with van der Waals surface area (Å²) in [5.41, 5.74) is 2.38. The van der Waals surface area contributed by atoms with Crippen LogP contribution in [0.15, 0.2) is 37.6 Å². The molecule has 45 heavy (non-hydrogen) atoms. The summed E-state index contributed by atoms with van der Waals surface area (Å²) in [4.78, 5) is 34.4. The van der Waals surface area contributed by atoms with Crippen molar-refractivity contribution in [2.45, 2.75) is 45.6 Å². The average molecular weight is 621 g/mol. The topological polar surface area (TPSA) is 154 Å². The fourth-order valence-electron chi connectivity index (χ4n) is 3.45. The van der Waals surface area contributed by atoms with E-state index < -0.39 is 11.7 Å². The van der Waals surface area contributed by atoms with Crippen LogP contribution in [0.5, 0.6) is 0 Å². The molecule has 0 atom stereocenters. The highest BCUT2D eigenvalue weighted by molar-refractivity contribution is 5.88. The van der Waals surface area contributed by atoms with Crippen molar-refractivity contribution in [2.75, 3.05) is 63.4 Å². The highest BCUT2D eigenvalue weighted by atomic mass is 16.6. The Morgan fingerprint density at radius 2 is 1.89 bits per heavy atom. The second-order valence-electron chi connectivity index (χ2n) is 10.1. The molecule has 1 heterocycles. The molecule has 2 aromatic rings. The number of methoxy groups -OCH3 is 1. The van der Waals surface area contributed by atoms with Gasteiger partial charge in [0, 0.05) is 70.5 Å². The lowest BCUT2D eigenvalue weighted by Crippen LogP contribution is -2.41.